The maximum Gasteiger partial charge on any atom is 0.344 e. The number of carbonyl (C=O) groups excluding carboxylic acids is 1. The van der Waals surface area contributed by atoms with Gasteiger partial charge in [-0.05, 0) is 40.6 Å². The van der Waals surface area contributed by atoms with Crippen molar-refractivity contribution in [3.8, 4) is 22.4 Å². The summed E-state index contributed by atoms with van der Waals surface area (Å²) in [6.45, 7) is 0. The van der Waals surface area contributed by atoms with Crippen LogP contribution in [0, 0.1) is 0 Å². The molecule has 0 unspecified atom stereocenters. The Labute approximate surface area is 204 Å². The molecule has 6 heteroatoms. The van der Waals surface area contributed by atoms with E-state index in [9.17, 15) is 9.59 Å². The van der Waals surface area contributed by atoms with Crippen molar-refractivity contribution in [1.82, 2.24) is 4.98 Å². The normalized spacial score (nSPS) is 11.1. The van der Waals surface area contributed by atoms with Gasteiger partial charge in [-0.1, -0.05) is 72.8 Å². The molecule has 1 N–H and O–H groups in total. The molecule has 0 aliphatic rings. The molecule has 0 aliphatic heterocycles. The number of fused-ring (bicyclic) bond motifs is 2. The Balaban J connectivity index is 1.28. The highest BCUT2D eigenvalue weighted by molar-refractivity contribution is 7.14. The predicted molar refractivity (Wildman–Crippen MR) is 141 cm³/mol. The number of carbonyl (C=O) groups is 1. The van der Waals surface area contributed by atoms with E-state index in [-0.39, 0.29) is 5.91 Å². The third-order valence-corrected chi connectivity index (χ3v) is 6.63. The van der Waals surface area contributed by atoms with Gasteiger partial charge >= 0.3 is 5.63 Å². The van der Waals surface area contributed by atoms with Gasteiger partial charge < -0.3 is 4.42 Å². The lowest BCUT2D eigenvalue weighted by Crippen LogP contribution is -2.12. The highest BCUT2D eigenvalue weighted by Crippen LogP contribution is 2.31. The molecule has 2 heterocycles. The number of nitrogens with zero attached hydrogens (tertiary/aromatic N) is 1. The summed E-state index contributed by atoms with van der Waals surface area (Å²) in [5.74, 6) is -0.296. The van der Waals surface area contributed by atoms with E-state index in [0.717, 1.165) is 27.4 Å². The molecule has 168 valence electrons. The molecule has 0 saturated carbocycles. The fraction of sp³-hybridized carbons (Fsp3) is 0. The van der Waals surface area contributed by atoms with Crippen LogP contribution >= 0.6 is 11.3 Å². The van der Waals surface area contributed by atoms with Crippen LogP contribution in [0.1, 0.15) is 10.4 Å². The molecule has 5 nitrogen and oxygen atoms in total. The molecule has 0 saturated heterocycles. The monoisotopic (exact) mass is 474 g/mol. The molecule has 0 atom stereocenters. The van der Waals surface area contributed by atoms with Gasteiger partial charge in [-0.3, -0.25) is 10.1 Å². The first-order valence-corrected chi connectivity index (χ1v) is 11.9. The van der Waals surface area contributed by atoms with Gasteiger partial charge in [0.1, 0.15) is 5.58 Å². The Morgan fingerprint density at radius 1 is 0.800 bits per heavy atom. The Bertz CT molecular complexity index is 1780. The largest absolute Gasteiger partial charge is 0.422 e. The van der Waals surface area contributed by atoms with Crippen LogP contribution in [0.3, 0.4) is 0 Å². The minimum atomic E-state index is -0.444. The number of thiazole rings is 1. The summed E-state index contributed by atoms with van der Waals surface area (Å²) in [4.78, 5) is 30.2. The van der Waals surface area contributed by atoms with Crippen molar-refractivity contribution >= 4 is 44.1 Å². The highest BCUT2D eigenvalue weighted by atomic mass is 32.1. The fourth-order valence-corrected chi connectivity index (χ4v) is 4.87. The smallest absolute Gasteiger partial charge is 0.344 e. The van der Waals surface area contributed by atoms with Crippen molar-refractivity contribution in [3.05, 3.63) is 118 Å². The number of hydrogen-bond donors (Lipinski definition) is 1. The van der Waals surface area contributed by atoms with Gasteiger partial charge in [0, 0.05) is 21.9 Å². The van der Waals surface area contributed by atoms with Gasteiger partial charge in [0.15, 0.2) is 5.13 Å². The van der Waals surface area contributed by atoms with Crippen LogP contribution < -0.4 is 10.9 Å². The van der Waals surface area contributed by atoms with E-state index < -0.39 is 5.63 Å². The summed E-state index contributed by atoms with van der Waals surface area (Å²) >= 11 is 1.37. The van der Waals surface area contributed by atoms with Crippen LogP contribution in [-0.2, 0) is 0 Å². The first-order valence-electron chi connectivity index (χ1n) is 11.0. The van der Waals surface area contributed by atoms with Gasteiger partial charge in [0.05, 0.1) is 11.3 Å². The van der Waals surface area contributed by atoms with Crippen molar-refractivity contribution in [2.75, 3.05) is 5.32 Å². The maximum absolute atomic E-state index is 13.0. The molecule has 6 rings (SSSR count). The van der Waals surface area contributed by atoms with Gasteiger partial charge in [0.25, 0.3) is 5.91 Å². The van der Waals surface area contributed by atoms with Crippen molar-refractivity contribution in [3.63, 3.8) is 0 Å². The van der Waals surface area contributed by atoms with E-state index in [1.165, 1.54) is 11.3 Å². The number of aromatic nitrogens is 1. The van der Waals surface area contributed by atoms with E-state index in [2.05, 4.69) is 28.5 Å². The average Bonchev–Trinajstić information content (AvgIpc) is 3.36. The Morgan fingerprint density at radius 2 is 1.57 bits per heavy atom. The molecule has 0 aliphatic carbocycles. The number of para-hydroxylation sites is 1. The van der Waals surface area contributed by atoms with E-state index in [4.69, 9.17) is 4.42 Å². The molecule has 0 bridgehead atoms. The lowest BCUT2D eigenvalue weighted by atomic mass is 10.0. The van der Waals surface area contributed by atoms with E-state index in [0.29, 0.717) is 27.4 Å². The highest BCUT2D eigenvalue weighted by Gasteiger charge is 2.14. The lowest BCUT2D eigenvalue weighted by molar-refractivity contribution is 0.102. The third-order valence-electron chi connectivity index (χ3n) is 5.87. The molecule has 35 heavy (non-hydrogen) atoms. The predicted octanol–water partition coefficient (Wildman–Crippen LogP) is 6.99. The second-order valence-electron chi connectivity index (χ2n) is 8.08. The summed E-state index contributed by atoms with van der Waals surface area (Å²) in [5, 5.41) is 8.40. The molecule has 0 radical (unpaired) electrons. The summed E-state index contributed by atoms with van der Waals surface area (Å²) in [7, 11) is 0. The average molecular weight is 475 g/mol. The topological polar surface area (TPSA) is 72.2 Å². The number of nitrogens with one attached hydrogen (secondary N) is 1. The summed E-state index contributed by atoms with van der Waals surface area (Å²) in [6, 6.07) is 30.3. The Kier molecular flexibility index (Phi) is 5.20. The minimum Gasteiger partial charge on any atom is -0.422 e. The standard InChI is InChI=1S/C29H18N2O3S/c32-27(31-29-30-25(17-35-29)23-13-6-9-18-7-1-3-12-22(18)23)21-11-5-10-19(15-21)24-16-20-8-2-4-14-26(20)34-28(24)33/h1-17H,(H,30,31,32). The van der Waals surface area contributed by atoms with Crippen LogP contribution in [0.2, 0.25) is 0 Å². The SMILES string of the molecule is O=C(Nc1nc(-c2cccc3ccccc23)cs1)c1cccc(-c2cc3ccccc3oc2=O)c1. The molecular weight excluding hydrogens is 456 g/mol. The number of rotatable bonds is 4. The van der Waals surface area contributed by atoms with E-state index >= 15 is 0 Å². The van der Waals surface area contributed by atoms with E-state index in [1.54, 1.807) is 36.4 Å². The van der Waals surface area contributed by atoms with Crippen LogP contribution in [0.5, 0.6) is 0 Å². The van der Waals surface area contributed by atoms with Crippen LogP contribution in [0.25, 0.3) is 44.1 Å². The molecule has 4 aromatic carbocycles. The molecule has 6 aromatic rings. The van der Waals surface area contributed by atoms with Crippen molar-refractivity contribution in [2.45, 2.75) is 0 Å². The second kappa shape index (κ2) is 8.66. The van der Waals surface area contributed by atoms with Gasteiger partial charge in [0.2, 0.25) is 0 Å². The maximum atomic E-state index is 13.0. The zero-order valence-corrected chi connectivity index (χ0v) is 19.2. The fourth-order valence-electron chi connectivity index (χ4n) is 4.16. The zero-order chi connectivity index (χ0) is 23.8. The molecule has 2 aromatic heterocycles. The first-order chi connectivity index (χ1) is 17.2. The van der Waals surface area contributed by atoms with Gasteiger partial charge in [-0.15, -0.1) is 11.3 Å². The number of anilines is 1. The summed E-state index contributed by atoms with van der Waals surface area (Å²) < 4.78 is 5.45. The zero-order valence-electron chi connectivity index (χ0n) is 18.4. The van der Waals surface area contributed by atoms with Crippen LogP contribution in [-0.4, -0.2) is 10.9 Å². The Hall–Kier alpha value is -4.55. The second-order valence-corrected chi connectivity index (χ2v) is 8.94. The van der Waals surface area contributed by atoms with Gasteiger partial charge in [-0.2, -0.15) is 0 Å². The summed E-state index contributed by atoms with van der Waals surface area (Å²) in [6.07, 6.45) is 0. The third kappa shape index (κ3) is 4.00. The lowest BCUT2D eigenvalue weighted by Gasteiger charge is -2.06. The number of amides is 1. The van der Waals surface area contributed by atoms with E-state index in [1.807, 2.05) is 47.8 Å². The van der Waals surface area contributed by atoms with Crippen molar-refractivity contribution in [1.29, 1.82) is 0 Å². The Morgan fingerprint density at radius 3 is 2.49 bits per heavy atom. The molecule has 0 spiro atoms. The molecule has 0 fully saturated rings. The minimum absolute atomic E-state index is 0.296. The number of benzene rings is 4. The molecular formula is C29H18N2O3S. The van der Waals surface area contributed by atoms with Crippen LogP contribution in [0.15, 0.2) is 112 Å². The summed E-state index contributed by atoms with van der Waals surface area (Å²) in [5.41, 5.74) is 3.37. The number of hydrogen-bond acceptors (Lipinski definition) is 5. The quantitative estimate of drug-likeness (QED) is 0.280. The van der Waals surface area contributed by atoms with Crippen molar-refractivity contribution < 1.29 is 9.21 Å². The molecule has 1 amide bonds. The first kappa shape index (κ1) is 21.0. The van der Waals surface area contributed by atoms with Gasteiger partial charge in [-0.25, -0.2) is 9.78 Å². The van der Waals surface area contributed by atoms with Crippen molar-refractivity contribution in [2.24, 2.45) is 0 Å². The van der Waals surface area contributed by atoms with Crippen LogP contribution in [0.4, 0.5) is 5.13 Å².